The molecule has 8 heteroatoms. The van der Waals surface area contributed by atoms with Crippen molar-refractivity contribution >= 4 is 11.7 Å². The van der Waals surface area contributed by atoms with Crippen molar-refractivity contribution in [3.05, 3.63) is 83.6 Å². The molecule has 2 aromatic carbocycles. The topological polar surface area (TPSA) is 85.8 Å². The molecule has 0 unspecified atom stereocenters. The monoisotopic (exact) mass is 447 g/mol. The van der Waals surface area contributed by atoms with E-state index in [4.69, 9.17) is 4.52 Å². The minimum Gasteiger partial charge on any atom is -0.339 e. The molecule has 7 nitrogen and oxygen atoms in total. The summed E-state index contributed by atoms with van der Waals surface area (Å²) in [5.41, 5.74) is 3.11. The van der Waals surface area contributed by atoms with Crippen LogP contribution in [0.3, 0.4) is 0 Å². The molecule has 1 amide bonds. The Morgan fingerprint density at radius 3 is 2.48 bits per heavy atom. The van der Waals surface area contributed by atoms with Crippen LogP contribution in [0.25, 0.3) is 11.4 Å². The number of halogens is 1. The lowest BCUT2D eigenvalue weighted by Crippen LogP contribution is -2.16. The van der Waals surface area contributed by atoms with Gasteiger partial charge in [0.25, 0.3) is 0 Å². The number of rotatable bonds is 7. The van der Waals surface area contributed by atoms with Crippen LogP contribution in [0.4, 0.5) is 10.2 Å². The summed E-state index contributed by atoms with van der Waals surface area (Å²) in [6.45, 7) is 7.10. The molecule has 170 valence electrons. The van der Waals surface area contributed by atoms with Gasteiger partial charge in [-0.2, -0.15) is 10.1 Å². The SMILES string of the molecule is CC(C)(C)c1ccc(Cn2nccc2NC(=O)CCc2nc(-c3ccc(F)cc3)no2)cc1. The first-order valence-corrected chi connectivity index (χ1v) is 10.8. The Balaban J connectivity index is 1.33. The van der Waals surface area contributed by atoms with Gasteiger partial charge in [0.2, 0.25) is 17.6 Å². The van der Waals surface area contributed by atoms with E-state index in [1.54, 1.807) is 29.1 Å². The summed E-state index contributed by atoms with van der Waals surface area (Å²) in [4.78, 5) is 16.8. The average molecular weight is 448 g/mol. The Kier molecular flexibility index (Phi) is 6.35. The number of nitrogens with zero attached hydrogens (tertiary/aromatic N) is 4. The van der Waals surface area contributed by atoms with Crippen LogP contribution in [-0.4, -0.2) is 25.8 Å². The Labute approximate surface area is 191 Å². The van der Waals surface area contributed by atoms with Crippen LogP contribution < -0.4 is 5.32 Å². The molecule has 0 spiro atoms. The summed E-state index contributed by atoms with van der Waals surface area (Å²) >= 11 is 0. The van der Waals surface area contributed by atoms with E-state index in [2.05, 4.69) is 65.6 Å². The van der Waals surface area contributed by atoms with Gasteiger partial charge in [-0.15, -0.1) is 0 Å². The van der Waals surface area contributed by atoms with Crippen molar-refractivity contribution in [2.24, 2.45) is 0 Å². The second kappa shape index (κ2) is 9.36. The van der Waals surface area contributed by atoms with E-state index in [1.807, 2.05) is 0 Å². The third-order valence-electron chi connectivity index (χ3n) is 5.27. The summed E-state index contributed by atoms with van der Waals surface area (Å²) in [6.07, 6.45) is 2.13. The molecule has 0 saturated carbocycles. The molecule has 0 radical (unpaired) electrons. The predicted molar refractivity (Wildman–Crippen MR) is 123 cm³/mol. The maximum Gasteiger partial charge on any atom is 0.227 e. The number of aryl methyl sites for hydroxylation is 1. The van der Waals surface area contributed by atoms with E-state index < -0.39 is 0 Å². The number of benzene rings is 2. The molecule has 0 aliphatic heterocycles. The minimum absolute atomic E-state index is 0.0987. The molecule has 4 rings (SSSR count). The largest absolute Gasteiger partial charge is 0.339 e. The van der Waals surface area contributed by atoms with Gasteiger partial charge >= 0.3 is 0 Å². The molecule has 0 bridgehead atoms. The lowest BCUT2D eigenvalue weighted by molar-refractivity contribution is -0.116. The maximum absolute atomic E-state index is 13.1. The summed E-state index contributed by atoms with van der Waals surface area (Å²) in [5, 5.41) is 11.1. The molecule has 0 saturated heterocycles. The van der Waals surface area contributed by atoms with Crippen molar-refractivity contribution in [1.29, 1.82) is 0 Å². The average Bonchev–Trinajstić information content (AvgIpc) is 3.42. The zero-order valence-corrected chi connectivity index (χ0v) is 18.9. The van der Waals surface area contributed by atoms with E-state index in [0.29, 0.717) is 36.1 Å². The molecule has 4 aromatic rings. The van der Waals surface area contributed by atoms with Crippen LogP contribution >= 0.6 is 0 Å². The van der Waals surface area contributed by atoms with Crippen LogP contribution in [0.2, 0.25) is 0 Å². The Bertz CT molecular complexity index is 1220. The van der Waals surface area contributed by atoms with Crippen molar-refractivity contribution in [3.63, 3.8) is 0 Å². The minimum atomic E-state index is -0.333. The van der Waals surface area contributed by atoms with E-state index in [9.17, 15) is 9.18 Å². The smallest absolute Gasteiger partial charge is 0.227 e. The third-order valence-corrected chi connectivity index (χ3v) is 5.27. The molecular weight excluding hydrogens is 421 g/mol. The van der Waals surface area contributed by atoms with Gasteiger partial charge in [0.15, 0.2) is 0 Å². The van der Waals surface area contributed by atoms with Crippen LogP contribution in [-0.2, 0) is 23.2 Å². The number of carbonyl (C=O) groups excluding carboxylic acids is 1. The summed E-state index contributed by atoms with van der Waals surface area (Å²) < 4.78 is 20.0. The molecule has 0 aliphatic rings. The van der Waals surface area contributed by atoms with Gasteiger partial charge in [-0.25, -0.2) is 9.07 Å². The van der Waals surface area contributed by atoms with Crippen molar-refractivity contribution in [2.45, 2.75) is 45.6 Å². The number of hydrogen-bond donors (Lipinski definition) is 1. The fraction of sp³-hybridized carbons (Fsp3) is 0.280. The molecule has 0 fully saturated rings. The summed E-state index contributed by atoms with van der Waals surface area (Å²) in [6, 6.07) is 16.0. The number of carbonyl (C=O) groups is 1. The van der Waals surface area contributed by atoms with Crippen LogP contribution in [0.5, 0.6) is 0 Å². The maximum atomic E-state index is 13.1. The van der Waals surface area contributed by atoms with Crippen LogP contribution in [0, 0.1) is 5.82 Å². The number of hydrogen-bond acceptors (Lipinski definition) is 5. The first kappa shape index (κ1) is 22.4. The third kappa shape index (κ3) is 5.71. The first-order chi connectivity index (χ1) is 15.8. The van der Waals surface area contributed by atoms with Gasteiger partial charge in [-0.3, -0.25) is 4.79 Å². The first-order valence-electron chi connectivity index (χ1n) is 10.8. The zero-order chi connectivity index (χ0) is 23.4. The van der Waals surface area contributed by atoms with E-state index >= 15 is 0 Å². The van der Waals surface area contributed by atoms with Crippen LogP contribution in [0.1, 0.15) is 44.2 Å². The standard InChI is InChI=1S/C25H26FN5O2/c1-25(2,3)19-8-4-17(5-9-19)16-31-21(14-15-27-31)28-22(32)12-13-23-29-24(30-33-23)18-6-10-20(26)11-7-18/h4-11,14-15H,12-13,16H2,1-3H3,(H,28,32). The fourth-order valence-corrected chi connectivity index (χ4v) is 3.35. The van der Waals surface area contributed by atoms with Gasteiger partial charge in [0, 0.05) is 24.5 Å². The lowest BCUT2D eigenvalue weighted by atomic mass is 9.87. The lowest BCUT2D eigenvalue weighted by Gasteiger charge is -2.19. The van der Waals surface area contributed by atoms with Crippen molar-refractivity contribution in [2.75, 3.05) is 5.32 Å². The highest BCUT2D eigenvalue weighted by atomic mass is 19.1. The van der Waals surface area contributed by atoms with Crippen molar-refractivity contribution in [1.82, 2.24) is 19.9 Å². The van der Waals surface area contributed by atoms with E-state index in [-0.39, 0.29) is 23.6 Å². The quantitative estimate of drug-likeness (QED) is 0.431. The molecular formula is C25H26FN5O2. The zero-order valence-electron chi connectivity index (χ0n) is 18.9. The van der Waals surface area contributed by atoms with Gasteiger partial charge in [-0.05, 0) is 40.8 Å². The number of anilines is 1. The Morgan fingerprint density at radius 1 is 1.06 bits per heavy atom. The molecule has 0 atom stereocenters. The Morgan fingerprint density at radius 2 is 1.79 bits per heavy atom. The number of aromatic nitrogens is 4. The normalized spacial score (nSPS) is 11.5. The summed E-state index contributed by atoms with van der Waals surface area (Å²) in [7, 11) is 0. The molecule has 33 heavy (non-hydrogen) atoms. The van der Waals surface area contributed by atoms with E-state index in [1.165, 1.54) is 17.7 Å². The molecule has 2 heterocycles. The predicted octanol–water partition coefficient (Wildman–Crippen LogP) is 4.99. The highest BCUT2D eigenvalue weighted by Gasteiger charge is 2.14. The molecule has 2 aromatic heterocycles. The highest BCUT2D eigenvalue weighted by molar-refractivity contribution is 5.89. The Hall–Kier alpha value is -3.81. The van der Waals surface area contributed by atoms with Gasteiger partial charge in [0.1, 0.15) is 11.6 Å². The second-order valence-corrected chi connectivity index (χ2v) is 8.89. The summed E-state index contributed by atoms with van der Waals surface area (Å²) in [5.74, 6) is 0.817. The van der Waals surface area contributed by atoms with Crippen molar-refractivity contribution in [3.8, 4) is 11.4 Å². The van der Waals surface area contributed by atoms with Gasteiger partial charge < -0.3 is 9.84 Å². The van der Waals surface area contributed by atoms with E-state index in [0.717, 1.165) is 5.56 Å². The number of amides is 1. The second-order valence-electron chi connectivity index (χ2n) is 8.89. The molecule has 1 N–H and O–H groups in total. The van der Waals surface area contributed by atoms with Crippen LogP contribution in [0.15, 0.2) is 65.3 Å². The number of nitrogens with one attached hydrogen (secondary N) is 1. The van der Waals surface area contributed by atoms with Gasteiger partial charge in [0.05, 0.1) is 12.7 Å². The molecule has 0 aliphatic carbocycles. The fourth-order valence-electron chi connectivity index (χ4n) is 3.35. The van der Waals surface area contributed by atoms with Gasteiger partial charge in [-0.1, -0.05) is 50.2 Å². The highest BCUT2D eigenvalue weighted by Crippen LogP contribution is 2.23. The van der Waals surface area contributed by atoms with Crippen molar-refractivity contribution < 1.29 is 13.7 Å².